The van der Waals surface area contributed by atoms with Crippen LogP contribution >= 0.6 is 0 Å². The summed E-state index contributed by atoms with van der Waals surface area (Å²) in [7, 11) is 0. The normalized spacial score (nSPS) is 17.1. The van der Waals surface area contributed by atoms with Crippen molar-refractivity contribution < 1.29 is 0 Å². The molecule has 1 aliphatic heterocycles. The third-order valence-electron chi connectivity index (χ3n) is 2.37. The molecule has 2 rings (SSSR count). The fourth-order valence-corrected chi connectivity index (χ4v) is 1.58. The molecule has 1 aliphatic rings. The molecule has 0 aromatic carbocycles. The fourth-order valence-electron chi connectivity index (χ4n) is 1.58. The van der Waals surface area contributed by atoms with Gasteiger partial charge in [0.15, 0.2) is 0 Å². The summed E-state index contributed by atoms with van der Waals surface area (Å²) >= 11 is 0. The molecule has 2 heterocycles. The van der Waals surface area contributed by atoms with Crippen molar-refractivity contribution in [1.29, 1.82) is 0 Å². The minimum absolute atomic E-state index is 0.675. The van der Waals surface area contributed by atoms with Crippen LogP contribution in [0, 0.1) is 6.92 Å². The molecule has 0 bridgehead atoms. The average Bonchev–Trinajstić information content (AvgIpc) is 2.30. The van der Waals surface area contributed by atoms with Crippen molar-refractivity contribution in [2.24, 2.45) is 0 Å². The maximum absolute atomic E-state index is 5.71. The van der Waals surface area contributed by atoms with Gasteiger partial charge in [0, 0.05) is 18.7 Å². The Morgan fingerprint density at radius 1 is 1.58 bits per heavy atom. The Labute approximate surface area is 71.7 Å². The number of hydrogen-bond donors (Lipinski definition) is 2. The molecule has 0 unspecified atom stereocenters. The van der Waals surface area contributed by atoms with Crippen LogP contribution in [-0.4, -0.2) is 16.3 Å². The average molecular weight is 166 g/mol. The highest BCUT2D eigenvalue weighted by molar-refractivity contribution is 5.41. The predicted octanol–water partition coefficient (Wildman–Crippen LogP) is 0.267. The number of fused-ring (bicyclic) bond motifs is 1. The van der Waals surface area contributed by atoms with Crippen LogP contribution in [0.15, 0.2) is 0 Å². The van der Waals surface area contributed by atoms with Crippen molar-refractivity contribution in [2.75, 3.05) is 12.3 Å². The van der Waals surface area contributed by atoms with E-state index in [1.165, 1.54) is 5.69 Å². The second-order valence-corrected chi connectivity index (χ2v) is 3.21. The molecule has 4 nitrogen and oxygen atoms in total. The first-order chi connectivity index (χ1) is 5.79. The molecule has 4 heteroatoms. The number of rotatable bonds is 0. The zero-order valence-electron chi connectivity index (χ0n) is 7.30. The molecular formula is C8H14N4. The van der Waals surface area contributed by atoms with Crippen LogP contribution in [0.1, 0.15) is 17.7 Å². The van der Waals surface area contributed by atoms with Gasteiger partial charge in [-0.15, -0.1) is 0 Å². The highest BCUT2D eigenvalue weighted by Crippen LogP contribution is 2.16. The van der Waals surface area contributed by atoms with E-state index in [1.807, 2.05) is 11.6 Å². The molecule has 0 saturated heterocycles. The monoisotopic (exact) mass is 166 g/mol. The van der Waals surface area contributed by atoms with Crippen molar-refractivity contribution in [3.63, 3.8) is 0 Å². The van der Waals surface area contributed by atoms with Crippen molar-refractivity contribution in [3.05, 3.63) is 11.3 Å². The summed E-state index contributed by atoms with van der Waals surface area (Å²) in [6.45, 7) is 4.99. The minimum Gasteiger partial charge on any atom is -0.382 e. The van der Waals surface area contributed by atoms with Gasteiger partial charge in [-0.25, -0.2) is 0 Å². The molecule has 3 N–H and O–H groups in total. The van der Waals surface area contributed by atoms with Gasteiger partial charge in [0.25, 0.3) is 0 Å². The lowest BCUT2D eigenvalue weighted by Gasteiger charge is -2.00. The number of aromatic nitrogens is 2. The molecule has 12 heavy (non-hydrogen) atoms. The van der Waals surface area contributed by atoms with Crippen molar-refractivity contribution in [1.82, 2.24) is 15.1 Å². The molecule has 1 aromatic heterocycles. The van der Waals surface area contributed by atoms with Crippen LogP contribution in [0.3, 0.4) is 0 Å². The summed E-state index contributed by atoms with van der Waals surface area (Å²) in [5.41, 5.74) is 8.08. The number of aryl methyl sites for hydroxylation is 1. The zero-order chi connectivity index (χ0) is 8.55. The molecule has 0 atom stereocenters. The molecule has 0 fully saturated rings. The van der Waals surface area contributed by atoms with Gasteiger partial charge in [-0.3, -0.25) is 4.68 Å². The van der Waals surface area contributed by atoms with Gasteiger partial charge >= 0.3 is 0 Å². The summed E-state index contributed by atoms with van der Waals surface area (Å²) in [4.78, 5) is 0. The van der Waals surface area contributed by atoms with Crippen LogP contribution in [-0.2, 0) is 13.1 Å². The Hall–Kier alpha value is -1.03. The van der Waals surface area contributed by atoms with Gasteiger partial charge in [0.1, 0.15) is 5.82 Å². The van der Waals surface area contributed by atoms with Gasteiger partial charge < -0.3 is 11.1 Å². The number of nitrogens with one attached hydrogen (secondary N) is 1. The third kappa shape index (κ3) is 1.08. The molecule has 1 aromatic rings. The Morgan fingerprint density at radius 2 is 2.42 bits per heavy atom. The van der Waals surface area contributed by atoms with E-state index in [-0.39, 0.29) is 0 Å². The zero-order valence-corrected chi connectivity index (χ0v) is 7.30. The lowest BCUT2D eigenvalue weighted by Crippen LogP contribution is -2.12. The van der Waals surface area contributed by atoms with E-state index >= 15 is 0 Å². The predicted molar refractivity (Wildman–Crippen MR) is 47.7 cm³/mol. The van der Waals surface area contributed by atoms with Gasteiger partial charge in [-0.05, 0) is 19.9 Å². The Morgan fingerprint density at radius 3 is 3.25 bits per heavy atom. The fraction of sp³-hybridized carbons (Fsp3) is 0.625. The molecule has 0 saturated carbocycles. The quantitative estimate of drug-likeness (QED) is 0.581. The van der Waals surface area contributed by atoms with Gasteiger partial charge in [0.05, 0.1) is 5.69 Å². The molecule has 0 spiro atoms. The highest BCUT2D eigenvalue weighted by atomic mass is 15.3. The second-order valence-electron chi connectivity index (χ2n) is 3.21. The standard InChI is InChI=1S/C8H14N4/c1-6-7-5-10-3-2-4-12(7)11-8(6)9/h10H,2-5H2,1H3,(H2,9,11). The van der Waals surface area contributed by atoms with E-state index < -0.39 is 0 Å². The summed E-state index contributed by atoms with van der Waals surface area (Å²) < 4.78 is 2.02. The smallest absolute Gasteiger partial charge is 0.148 e. The number of anilines is 1. The van der Waals surface area contributed by atoms with Crippen LogP contribution in [0.25, 0.3) is 0 Å². The number of nitrogens with zero attached hydrogens (tertiary/aromatic N) is 2. The summed E-state index contributed by atoms with van der Waals surface area (Å²) in [6.07, 6.45) is 1.13. The SMILES string of the molecule is Cc1c(N)nn2c1CNCCC2. The maximum Gasteiger partial charge on any atom is 0.148 e. The van der Waals surface area contributed by atoms with Crippen molar-refractivity contribution in [3.8, 4) is 0 Å². The topological polar surface area (TPSA) is 55.9 Å². The molecule has 0 amide bonds. The van der Waals surface area contributed by atoms with E-state index in [0.717, 1.165) is 31.6 Å². The first-order valence-electron chi connectivity index (χ1n) is 4.31. The Kier molecular flexibility index (Phi) is 1.77. The molecule has 0 aliphatic carbocycles. The number of nitrogen functional groups attached to an aromatic ring is 1. The molecular weight excluding hydrogens is 152 g/mol. The lowest BCUT2D eigenvalue weighted by molar-refractivity contribution is 0.589. The van der Waals surface area contributed by atoms with Crippen LogP contribution in [0.4, 0.5) is 5.82 Å². The number of nitrogens with two attached hydrogens (primary N) is 1. The summed E-state index contributed by atoms with van der Waals surface area (Å²) in [6, 6.07) is 0. The summed E-state index contributed by atoms with van der Waals surface area (Å²) in [5.74, 6) is 0.675. The van der Waals surface area contributed by atoms with Crippen LogP contribution in [0.2, 0.25) is 0 Å². The van der Waals surface area contributed by atoms with E-state index in [0.29, 0.717) is 5.82 Å². The first kappa shape index (κ1) is 7.61. The lowest BCUT2D eigenvalue weighted by atomic mass is 10.2. The van der Waals surface area contributed by atoms with Crippen LogP contribution in [0.5, 0.6) is 0 Å². The Balaban J connectivity index is 2.42. The first-order valence-corrected chi connectivity index (χ1v) is 4.31. The van der Waals surface area contributed by atoms with Crippen molar-refractivity contribution in [2.45, 2.75) is 26.4 Å². The second kappa shape index (κ2) is 2.79. The van der Waals surface area contributed by atoms with Gasteiger partial charge in [-0.1, -0.05) is 0 Å². The highest BCUT2D eigenvalue weighted by Gasteiger charge is 2.13. The summed E-state index contributed by atoms with van der Waals surface area (Å²) in [5, 5.41) is 7.61. The maximum atomic E-state index is 5.71. The van der Waals surface area contributed by atoms with E-state index in [2.05, 4.69) is 10.4 Å². The van der Waals surface area contributed by atoms with Crippen molar-refractivity contribution >= 4 is 5.82 Å². The van der Waals surface area contributed by atoms with E-state index in [9.17, 15) is 0 Å². The minimum atomic E-state index is 0.675. The number of hydrogen-bond acceptors (Lipinski definition) is 3. The largest absolute Gasteiger partial charge is 0.382 e. The van der Waals surface area contributed by atoms with Gasteiger partial charge in [-0.2, -0.15) is 5.10 Å². The van der Waals surface area contributed by atoms with E-state index in [1.54, 1.807) is 0 Å². The van der Waals surface area contributed by atoms with Gasteiger partial charge in [0.2, 0.25) is 0 Å². The van der Waals surface area contributed by atoms with Crippen LogP contribution < -0.4 is 11.1 Å². The Bertz CT molecular complexity index is 289. The van der Waals surface area contributed by atoms with E-state index in [4.69, 9.17) is 5.73 Å². The molecule has 66 valence electrons. The third-order valence-corrected chi connectivity index (χ3v) is 2.37. The molecule has 0 radical (unpaired) electrons.